The van der Waals surface area contributed by atoms with Crippen molar-refractivity contribution in [2.45, 2.75) is 11.1 Å². The molecule has 1 heterocycles. The van der Waals surface area contributed by atoms with Crippen LogP contribution < -0.4 is 15.8 Å². The van der Waals surface area contributed by atoms with Crippen molar-refractivity contribution < 1.29 is 21.6 Å². The van der Waals surface area contributed by atoms with Crippen LogP contribution in [-0.2, 0) is 16.2 Å². The van der Waals surface area contributed by atoms with E-state index in [0.29, 0.717) is 17.7 Å². The summed E-state index contributed by atoms with van der Waals surface area (Å²) in [6, 6.07) is 11.6. The molecule has 3 aromatic rings. The molecule has 0 radical (unpaired) electrons. The second kappa shape index (κ2) is 8.05. The molecule has 0 saturated carbocycles. The van der Waals surface area contributed by atoms with Gasteiger partial charge in [0.25, 0.3) is 0 Å². The Kier molecular flexibility index (Phi) is 5.70. The molecule has 4 N–H and O–H groups in total. The van der Waals surface area contributed by atoms with Crippen LogP contribution in [-0.4, -0.2) is 41.7 Å². The van der Waals surface area contributed by atoms with Gasteiger partial charge in [0.1, 0.15) is 0 Å². The molecule has 2 aromatic carbocycles. The third-order valence-corrected chi connectivity index (χ3v) is 4.73. The molecule has 0 bridgehead atoms. The quantitative estimate of drug-likeness (QED) is 0.491. The second-order valence-corrected chi connectivity index (χ2v) is 7.41. The summed E-state index contributed by atoms with van der Waals surface area (Å²) >= 11 is 0. The Morgan fingerprint density at radius 3 is 2.38 bits per heavy atom. The first-order valence-corrected chi connectivity index (χ1v) is 9.76. The summed E-state index contributed by atoms with van der Waals surface area (Å²) < 4.78 is 63.9. The molecule has 9 nitrogen and oxygen atoms in total. The van der Waals surface area contributed by atoms with Crippen LogP contribution in [0.4, 0.5) is 24.8 Å². The van der Waals surface area contributed by atoms with E-state index >= 15 is 0 Å². The van der Waals surface area contributed by atoms with Crippen LogP contribution in [0.15, 0.2) is 53.4 Å². The molecule has 0 saturated heterocycles. The molecule has 0 aliphatic carbocycles. The normalized spacial score (nSPS) is 12.0. The number of alkyl halides is 3. The van der Waals surface area contributed by atoms with Gasteiger partial charge in [-0.25, -0.2) is 13.6 Å². The molecule has 29 heavy (non-hydrogen) atoms. The molecular weight excluding hydrogens is 411 g/mol. The average Bonchev–Trinajstić information content (AvgIpc) is 3.13. The van der Waals surface area contributed by atoms with Crippen molar-refractivity contribution >= 4 is 21.7 Å². The number of nitrogens with one attached hydrogen (secondary N) is 2. The van der Waals surface area contributed by atoms with E-state index in [1.54, 1.807) is 12.1 Å². The van der Waals surface area contributed by atoms with Gasteiger partial charge in [0.05, 0.1) is 16.1 Å². The maximum Gasteiger partial charge on any atom is 0.418 e. The summed E-state index contributed by atoms with van der Waals surface area (Å²) in [6.07, 6.45) is -4.76. The summed E-state index contributed by atoms with van der Waals surface area (Å²) in [5, 5.41) is 21.7. The van der Waals surface area contributed by atoms with Gasteiger partial charge in [0.2, 0.25) is 16.0 Å². The minimum absolute atomic E-state index is 0.0828. The van der Waals surface area contributed by atoms with E-state index in [4.69, 9.17) is 5.14 Å². The van der Waals surface area contributed by atoms with E-state index < -0.39 is 26.7 Å². The Hall–Kier alpha value is -3.19. The van der Waals surface area contributed by atoms with Crippen LogP contribution in [0.3, 0.4) is 0 Å². The number of hydrogen-bond donors (Lipinski definition) is 3. The van der Waals surface area contributed by atoms with Crippen molar-refractivity contribution in [3.8, 4) is 5.69 Å². The van der Waals surface area contributed by atoms with Crippen molar-refractivity contribution in [3.05, 3.63) is 54.1 Å². The molecule has 0 spiro atoms. The van der Waals surface area contributed by atoms with Crippen LogP contribution in [0.25, 0.3) is 5.69 Å². The van der Waals surface area contributed by atoms with Gasteiger partial charge in [0.15, 0.2) is 0 Å². The Morgan fingerprint density at radius 1 is 1.03 bits per heavy atom. The van der Waals surface area contributed by atoms with Gasteiger partial charge in [-0.15, -0.1) is 0 Å². The highest BCUT2D eigenvalue weighted by Gasteiger charge is 2.34. The van der Waals surface area contributed by atoms with Crippen LogP contribution in [0, 0.1) is 0 Å². The zero-order valence-corrected chi connectivity index (χ0v) is 15.6. The number of rotatable bonds is 7. The van der Waals surface area contributed by atoms with Gasteiger partial charge >= 0.3 is 6.18 Å². The minimum atomic E-state index is -4.76. The summed E-state index contributed by atoms with van der Waals surface area (Å²) in [6.45, 7) is 0.279. The first-order valence-electron chi connectivity index (χ1n) is 8.22. The monoisotopic (exact) mass is 427 g/mol. The Labute approximate surface area is 163 Å². The van der Waals surface area contributed by atoms with Gasteiger partial charge in [-0.2, -0.15) is 17.9 Å². The van der Waals surface area contributed by atoms with Gasteiger partial charge in [0, 0.05) is 18.8 Å². The highest BCUT2D eigenvalue weighted by atomic mass is 32.2. The van der Waals surface area contributed by atoms with Gasteiger partial charge < -0.3 is 10.6 Å². The fourth-order valence-electron chi connectivity index (χ4n) is 2.50. The van der Waals surface area contributed by atoms with Crippen molar-refractivity contribution in [2.75, 3.05) is 23.7 Å². The molecular formula is C16H16F3N7O2S. The number of nitrogens with two attached hydrogens (primary N) is 1. The number of benzene rings is 2. The molecule has 0 fully saturated rings. The van der Waals surface area contributed by atoms with E-state index in [1.807, 2.05) is 18.2 Å². The van der Waals surface area contributed by atoms with Gasteiger partial charge in [-0.3, -0.25) is 0 Å². The predicted molar refractivity (Wildman–Crippen MR) is 99.0 cm³/mol. The van der Waals surface area contributed by atoms with Crippen LogP contribution in [0.1, 0.15) is 5.56 Å². The highest BCUT2D eigenvalue weighted by molar-refractivity contribution is 7.89. The number of primary sulfonamides is 1. The molecule has 0 amide bonds. The lowest BCUT2D eigenvalue weighted by molar-refractivity contribution is -0.137. The number of nitrogens with zero attached hydrogens (tertiary/aromatic N) is 4. The standard InChI is InChI=1S/C16H16F3N7O2S/c17-16(18,19)13-10-12(29(20,27)28)6-7-14(13)21-8-9-22-15-23-24-25-26(15)11-4-2-1-3-5-11/h1-7,10,21H,8-9H2,(H2,20,27,28)(H,22,23,25). The lowest BCUT2D eigenvalue weighted by Gasteiger charge is -2.16. The average molecular weight is 427 g/mol. The zero-order valence-electron chi connectivity index (χ0n) is 14.8. The Balaban J connectivity index is 1.68. The Morgan fingerprint density at radius 2 is 1.72 bits per heavy atom. The van der Waals surface area contributed by atoms with Crippen LogP contribution in [0.5, 0.6) is 0 Å². The number of para-hydroxylation sites is 1. The number of hydrogen-bond acceptors (Lipinski definition) is 7. The summed E-state index contributed by atoms with van der Waals surface area (Å²) in [7, 11) is -4.25. The lowest BCUT2D eigenvalue weighted by Crippen LogP contribution is -2.19. The zero-order chi connectivity index (χ0) is 21.1. The molecule has 13 heteroatoms. The molecule has 3 rings (SSSR count). The second-order valence-electron chi connectivity index (χ2n) is 5.85. The summed E-state index contributed by atoms with van der Waals surface area (Å²) in [5.41, 5.74) is -0.682. The fourth-order valence-corrected chi connectivity index (χ4v) is 3.04. The fraction of sp³-hybridized carbons (Fsp3) is 0.188. The van der Waals surface area contributed by atoms with E-state index in [1.165, 1.54) is 4.68 Å². The van der Waals surface area contributed by atoms with Crippen LogP contribution >= 0.6 is 0 Å². The molecule has 0 aliphatic heterocycles. The van der Waals surface area contributed by atoms with Crippen molar-refractivity contribution in [1.29, 1.82) is 0 Å². The SMILES string of the molecule is NS(=O)(=O)c1ccc(NCCNc2nnnn2-c2ccccc2)c(C(F)(F)F)c1. The maximum atomic E-state index is 13.3. The maximum absolute atomic E-state index is 13.3. The summed E-state index contributed by atoms with van der Waals surface area (Å²) in [5.74, 6) is 0.318. The van der Waals surface area contributed by atoms with E-state index in [0.717, 1.165) is 12.1 Å². The van der Waals surface area contributed by atoms with E-state index in [2.05, 4.69) is 26.2 Å². The minimum Gasteiger partial charge on any atom is -0.383 e. The van der Waals surface area contributed by atoms with Crippen molar-refractivity contribution in [1.82, 2.24) is 20.2 Å². The first kappa shape index (κ1) is 20.5. The molecule has 154 valence electrons. The smallest absolute Gasteiger partial charge is 0.383 e. The molecule has 0 aliphatic rings. The molecule has 0 atom stereocenters. The number of tetrazole rings is 1. The topological polar surface area (TPSA) is 128 Å². The number of anilines is 2. The van der Waals surface area contributed by atoms with Gasteiger partial charge in [-0.1, -0.05) is 23.3 Å². The van der Waals surface area contributed by atoms with Crippen molar-refractivity contribution in [2.24, 2.45) is 5.14 Å². The Bertz CT molecular complexity index is 1090. The number of sulfonamides is 1. The third-order valence-electron chi connectivity index (χ3n) is 3.82. The third kappa shape index (κ3) is 5.00. The molecule has 1 aromatic heterocycles. The predicted octanol–water partition coefficient (Wildman–Crippen LogP) is 1.85. The van der Waals surface area contributed by atoms with Crippen molar-refractivity contribution in [3.63, 3.8) is 0 Å². The largest absolute Gasteiger partial charge is 0.418 e. The number of aromatic nitrogens is 4. The first-order chi connectivity index (χ1) is 13.7. The van der Waals surface area contributed by atoms with Gasteiger partial charge in [-0.05, 0) is 40.8 Å². The van der Waals surface area contributed by atoms with E-state index in [-0.39, 0.29) is 18.8 Å². The van der Waals surface area contributed by atoms with Crippen LogP contribution in [0.2, 0.25) is 0 Å². The van der Waals surface area contributed by atoms with E-state index in [9.17, 15) is 21.6 Å². The summed E-state index contributed by atoms with van der Waals surface area (Å²) in [4.78, 5) is -0.615. The lowest BCUT2D eigenvalue weighted by atomic mass is 10.1. The number of halogens is 3. The molecule has 0 unspecified atom stereocenters. The highest BCUT2D eigenvalue weighted by Crippen LogP contribution is 2.36.